The summed E-state index contributed by atoms with van der Waals surface area (Å²) >= 11 is 5.76. The van der Waals surface area contributed by atoms with Gasteiger partial charge in [-0.25, -0.2) is 0 Å². The average molecular weight is 335 g/mol. The number of anilines is 1. The van der Waals surface area contributed by atoms with Gasteiger partial charge in [0.2, 0.25) is 0 Å². The second-order valence-corrected chi connectivity index (χ2v) is 5.23. The molecule has 0 spiro atoms. The molecule has 1 heterocycles. The van der Waals surface area contributed by atoms with E-state index in [2.05, 4.69) is 5.32 Å². The highest BCUT2D eigenvalue weighted by atomic mass is 35.5. The van der Waals surface area contributed by atoms with Crippen molar-refractivity contribution >= 4 is 29.2 Å². The van der Waals surface area contributed by atoms with Gasteiger partial charge in [0.15, 0.2) is 6.10 Å². The molecule has 0 radical (unpaired) electrons. The maximum absolute atomic E-state index is 12.0. The van der Waals surface area contributed by atoms with Crippen LogP contribution in [0.25, 0.3) is 0 Å². The second kappa shape index (κ2) is 7.60. The van der Waals surface area contributed by atoms with Crippen LogP contribution in [0.5, 0.6) is 0 Å². The van der Waals surface area contributed by atoms with Crippen LogP contribution in [0.1, 0.15) is 6.92 Å². The van der Waals surface area contributed by atoms with Gasteiger partial charge in [0.05, 0.1) is 0 Å². The lowest BCUT2D eigenvalue weighted by Crippen LogP contribution is -2.32. The molecule has 1 aromatic heterocycles. The second-order valence-electron chi connectivity index (χ2n) is 4.80. The van der Waals surface area contributed by atoms with Crippen LogP contribution in [0, 0.1) is 0 Å². The largest absolute Gasteiger partial charge is 0.451 e. The topological polar surface area (TPSA) is 77.4 Å². The van der Waals surface area contributed by atoms with Gasteiger partial charge in [0.25, 0.3) is 11.5 Å². The van der Waals surface area contributed by atoms with Gasteiger partial charge in [-0.3, -0.25) is 14.4 Å². The minimum absolute atomic E-state index is 0.252. The van der Waals surface area contributed by atoms with Crippen LogP contribution in [-0.4, -0.2) is 22.5 Å². The van der Waals surface area contributed by atoms with Crippen LogP contribution in [0.3, 0.4) is 0 Å². The van der Waals surface area contributed by atoms with Gasteiger partial charge in [-0.2, -0.15) is 0 Å². The molecule has 1 atom stereocenters. The van der Waals surface area contributed by atoms with E-state index in [-0.39, 0.29) is 12.1 Å². The number of hydrogen-bond donors (Lipinski definition) is 1. The number of amides is 1. The van der Waals surface area contributed by atoms with E-state index in [1.54, 1.807) is 36.4 Å². The molecule has 7 heteroatoms. The number of carbonyl (C=O) groups is 2. The molecule has 2 rings (SSSR count). The van der Waals surface area contributed by atoms with E-state index in [0.29, 0.717) is 10.7 Å². The predicted molar refractivity (Wildman–Crippen MR) is 86.3 cm³/mol. The van der Waals surface area contributed by atoms with E-state index < -0.39 is 18.0 Å². The van der Waals surface area contributed by atoms with Crippen molar-refractivity contribution in [1.29, 1.82) is 0 Å². The molecule has 120 valence electrons. The Morgan fingerprint density at radius 3 is 2.57 bits per heavy atom. The summed E-state index contributed by atoms with van der Waals surface area (Å²) in [6.45, 7) is 1.20. The highest BCUT2D eigenvalue weighted by Crippen LogP contribution is 2.13. The van der Waals surface area contributed by atoms with Crippen LogP contribution in [-0.2, 0) is 20.9 Å². The Labute approximate surface area is 137 Å². The quantitative estimate of drug-likeness (QED) is 0.849. The van der Waals surface area contributed by atoms with Gasteiger partial charge in [-0.1, -0.05) is 17.7 Å². The molecule has 0 aliphatic carbocycles. The molecule has 23 heavy (non-hydrogen) atoms. The molecule has 0 aliphatic heterocycles. The van der Waals surface area contributed by atoms with E-state index in [9.17, 15) is 14.4 Å². The van der Waals surface area contributed by atoms with Crippen molar-refractivity contribution in [2.24, 2.45) is 0 Å². The average Bonchev–Trinajstić information content (AvgIpc) is 2.51. The highest BCUT2D eigenvalue weighted by Gasteiger charge is 2.18. The number of esters is 1. The van der Waals surface area contributed by atoms with Crippen LogP contribution >= 0.6 is 11.6 Å². The molecule has 0 saturated heterocycles. The smallest absolute Gasteiger partial charge is 0.326 e. The molecule has 6 nitrogen and oxygen atoms in total. The Hall–Kier alpha value is -2.60. The summed E-state index contributed by atoms with van der Waals surface area (Å²) < 4.78 is 6.23. The molecule has 1 aromatic carbocycles. The van der Waals surface area contributed by atoms with Gasteiger partial charge in [0.1, 0.15) is 6.54 Å². The number of pyridine rings is 1. The maximum Gasteiger partial charge on any atom is 0.326 e. The fraction of sp³-hybridized carbons (Fsp3) is 0.188. The SMILES string of the molecule is C[C@@H](OC(=O)Cn1ccccc1=O)C(=O)Nc1ccc(Cl)cc1. The number of nitrogens with one attached hydrogen (secondary N) is 1. The van der Waals surface area contributed by atoms with Gasteiger partial charge in [-0.05, 0) is 37.3 Å². The van der Waals surface area contributed by atoms with Crippen LogP contribution in [0.4, 0.5) is 5.69 Å². The van der Waals surface area contributed by atoms with Crippen molar-refractivity contribution in [1.82, 2.24) is 4.57 Å². The number of halogens is 1. The number of benzene rings is 1. The Bertz CT molecular complexity index is 755. The first-order chi connectivity index (χ1) is 11.0. The molecular formula is C16H15ClN2O4. The summed E-state index contributed by atoms with van der Waals surface area (Å²) in [6, 6.07) is 11.1. The lowest BCUT2D eigenvalue weighted by atomic mass is 10.3. The summed E-state index contributed by atoms with van der Waals surface area (Å²) in [5, 5.41) is 3.16. The third-order valence-electron chi connectivity index (χ3n) is 2.99. The molecule has 1 amide bonds. The number of hydrogen-bond acceptors (Lipinski definition) is 4. The molecule has 1 N–H and O–H groups in total. The van der Waals surface area contributed by atoms with E-state index in [4.69, 9.17) is 16.3 Å². The zero-order valence-electron chi connectivity index (χ0n) is 12.4. The van der Waals surface area contributed by atoms with Crippen molar-refractivity contribution in [3.8, 4) is 0 Å². The van der Waals surface area contributed by atoms with Gasteiger partial charge in [0, 0.05) is 23.0 Å². The first-order valence-corrected chi connectivity index (χ1v) is 7.25. The minimum atomic E-state index is -0.988. The van der Waals surface area contributed by atoms with Gasteiger partial charge >= 0.3 is 5.97 Å². The monoisotopic (exact) mass is 334 g/mol. The standard InChI is InChI=1S/C16H15ClN2O4/c1-11(16(22)18-13-7-5-12(17)6-8-13)23-15(21)10-19-9-3-2-4-14(19)20/h2-9,11H,10H2,1H3,(H,18,22)/t11-/m1/s1. The normalized spacial score (nSPS) is 11.6. The molecule has 0 aliphatic rings. The predicted octanol–water partition coefficient (Wildman–Crippen LogP) is 2.07. The van der Waals surface area contributed by atoms with Crippen molar-refractivity contribution in [3.63, 3.8) is 0 Å². The Morgan fingerprint density at radius 2 is 1.91 bits per heavy atom. The number of nitrogens with zero attached hydrogens (tertiary/aromatic N) is 1. The molecule has 0 bridgehead atoms. The van der Waals surface area contributed by atoms with Crippen molar-refractivity contribution in [2.45, 2.75) is 19.6 Å². The summed E-state index contributed by atoms with van der Waals surface area (Å²) in [4.78, 5) is 35.3. The Kier molecular flexibility index (Phi) is 5.54. The van der Waals surface area contributed by atoms with Gasteiger partial charge < -0.3 is 14.6 Å². The number of aromatic nitrogens is 1. The number of ether oxygens (including phenoxy) is 1. The van der Waals surface area contributed by atoms with E-state index in [1.807, 2.05) is 0 Å². The molecule has 0 fully saturated rings. The van der Waals surface area contributed by atoms with Crippen molar-refractivity contribution < 1.29 is 14.3 Å². The van der Waals surface area contributed by atoms with Crippen molar-refractivity contribution in [2.75, 3.05) is 5.32 Å². The zero-order valence-corrected chi connectivity index (χ0v) is 13.1. The zero-order chi connectivity index (χ0) is 16.8. The lowest BCUT2D eigenvalue weighted by Gasteiger charge is -2.14. The molecular weight excluding hydrogens is 320 g/mol. The molecule has 0 unspecified atom stereocenters. The third-order valence-corrected chi connectivity index (χ3v) is 3.24. The van der Waals surface area contributed by atoms with E-state index >= 15 is 0 Å². The Balaban J connectivity index is 1.90. The summed E-state index contributed by atoms with van der Waals surface area (Å²) in [5.74, 6) is -1.14. The summed E-state index contributed by atoms with van der Waals surface area (Å²) in [5.41, 5.74) is 0.226. The maximum atomic E-state index is 12.0. The third kappa shape index (κ3) is 4.96. The first kappa shape index (κ1) is 16.8. The lowest BCUT2D eigenvalue weighted by molar-refractivity contribution is -0.153. The van der Waals surface area contributed by atoms with E-state index in [0.717, 1.165) is 0 Å². The Morgan fingerprint density at radius 1 is 1.22 bits per heavy atom. The molecule has 0 saturated carbocycles. The molecule has 2 aromatic rings. The van der Waals surface area contributed by atoms with Crippen molar-refractivity contribution in [3.05, 3.63) is 64.0 Å². The number of rotatable bonds is 5. The summed E-state index contributed by atoms with van der Waals surface area (Å²) in [6.07, 6.45) is 0.486. The fourth-order valence-corrected chi connectivity index (χ4v) is 1.92. The first-order valence-electron chi connectivity index (χ1n) is 6.87. The number of carbonyl (C=O) groups excluding carboxylic acids is 2. The fourth-order valence-electron chi connectivity index (χ4n) is 1.80. The summed E-state index contributed by atoms with van der Waals surface area (Å²) in [7, 11) is 0. The van der Waals surface area contributed by atoms with Gasteiger partial charge in [-0.15, -0.1) is 0 Å². The van der Waals surface area contributed by atoms with Crippen LogP contribution < -0.4 is 10.9 Å². The highest BCUT2D eigenvalue weighted by molar-refractivity contribution is 6.30. The van der Waals surface area contributed by atoms with E-state index in [1.165, 1.54) is 23.8 Å². The van der Waals surface area contributed by atoms with Crippen LogP contribution in [0.15, 0.2) is 53.5 Å². The van der Waals surface area contributed by atoms with Crippen LogP contribution in [0.2, 0.25) is 5.02 Å². The minimum Gasteiger partial charge on any atom is -0.451 e.